The largest absolute Gasteiger partial charge is 0.497 e. The van der Waals surface area contributed by atoms with E-state index in [1.165, 1.54) is 5.56 Å². The number of hydrogen-bond donors (Lipinski definition) is 2. The van der Waals surface area contributed by atoms with Crippen LogP contribution in [0.3, 0.4) is 0 Å². The summed E-state index contributed by atoms with van der Waals surface area (Å²) in [7, 11) is 5.05. The lowest BCUT2D eigenvalue weighted by molar-refractivity contribution is 0.208. The molecule has 1 aromatic carbocycles. The Kier molecular flexibility index (Phi) is 8.50. The van der Waals surface area contributed by atoms with Gasteiger partial charge in [0.25, 0.3) is 0 Å². The van der Waals surface area contributed by atoms with E-state index in [2.05, 4.69) is 39.6 Å². The lowest BCUT2D eigenvalue weighted by atomic mass is 10.2. The molecule has 146 valence electrons. The zero-order chi connectivity index (χ0) is 18.8. The SMILES string of the molecule is CCNC(=NCCOC)NC1CCN(Cc2cc(OC)cc(OC)c2)C1. The van der Waals surface area contributed by atoms with Gasteiger partial charge >= 0.3 is 0 Å². The summed E-state index contributed by atoms with van der Waals surface area (Å²) in [5.41, 5.74) is 1.20. The average Bonchev–Trinajstić information content (AvgIpc) is 3.08. The van der Waals surface area contributed by atoms with Crippen molar-refractivity contribution < 1.29 is 14.2 Å². The predicted molar refractivity (Wildman–Crippen MR) is 104 cm³/mol. The van der Waals surface area contributed by atoms with E-state index in [-0.39, 0.29) is 0 Å². The third-order valence-electron chi connectivity index (χ3n) is 4.34. The van der Waals surface area contributed by atoms with Crippen molar-refractivity contribution in [3.05, 3.63) is 23.8 Å². The minimum atomic E-state index is 0.392. The number of hydrogen-bond acceptors (Lipinski definition) is 5. The maximum atomic E-state index is 5.36. The van der Waals surface area contributed by atoms with Gasteiger partial charge in [-0.3, -0.25) is 9.89 Å². The summed E-state index contributed by atoms with van der Waals surface area (Å²) in [6, 6.07) is 6.43. The minimum absolute atomic E-state index is 0.392. The van der Waals surface area contributed by atoms with Crippen molar-refractivity contribution in [2.75, 3.05) is 54.1 Å². The standard InChI is InChI=1S/C19H32N4O3/c1-5-20-19(21-7-9-24-2)22-16-6-8-23(14-16)13-15-10-17(25-3)12-18(11-15)26-4/h10-12,16H,5-9,13-14H2,1-4H3,(H2,20,21,22). The Labute approximate surface area is 156 Å². The van der Waals surface area contributed by atoms with Crippen LogP contribution < -0.4 is 20.1 Å². The highest BCUT2D eigenvalue weighted by molar-refractivity contribution is 5.80. The first-order valence-corrected chi connectivity index (χ1v) is 9.16. The van der Waals surface area contributed by atoms with Gasteiger partial charge in [0.1, 0.15) is 11.5 Å². The fourth-order valence-corrected chi connectivity index (χ4v) is 3.07. The molecular formula is C19H32N4O3. The van der Waals surface area contributed by atoms with E-state index in [1.807, 2.05) is 6.07 Å². The van der Waals surface area contributed by atoms with Gasteiger partial charge < -0.3 is 24.8 Å². The number of methoxy groups -OCH3 is 3. The van der Waals surface area contributed by atoms with E-state index in [0.29, 0.717) is 19.2 Å². The van der Waals surface area contributed by atoms with Crippen LogP contribution in [0.5, 0.6) is 11.5 Å². The Hall–Kier alpha value is -1.99. The molecule has 0 bridgehead atoms. The second-order valence-electron chi connectivity index (χ2n) is 6.34. The first-order valence-electron chi connectivity index (χ1n) is 9.16. The summed E-state index contributed by atoms with van der Waals surface area (Å²) in [4.78, 5) is 6.97. The number of rotatable bonds is 9. The number of ether oxygens (including phenoxy) is 3. The van der Waals surface area contributed by atoms with Crippen LogP contribution in [0, 0.1) is 0 Å². The molecule has 1 unspecified atom stereocenters. The van der Waals surface area contributed by atoms with Crippen LogP contribution in [0.25, 0.3) is 0 Å². The number of guanidine groups is 1. The van der Waals surface area contributed by atoms with Gasteiger partial charge in [-0.05, 0) is 31.0 Å². The molecule has 1 heterocycles. The van der Waals surface area contributed by atoms with Crippen LogP contribution in [0.4, 0.5) is 0 Å². The molecule has 26 heavy (non-hydrogen) atoms. The molecule has 0 radical (unpaired) electrons. The Bertz CT molecular complexity index is 558. The van der Waals surface area contributed by atoms with Gasteiger partial charge in [0.2, 0.25) is 0 Å². The molecule has 1 aliphatic rings. The minimum Gasteiger partial charge on any atom is -0.497 e. The molecule has 1 saturated heterocycles. The summed E-state index contributed by atoms with van der Waals surface area (Å²) >= 11 is 0. The Morgan fingerprint density at radius 2 is 1.92 bits per heavy atom. The smallest absolute Gasteiger partial charge is 0.191 e. The Balaban J connectivity index is 1.90. The van der Waals surface area contributed by atoms with E-state index in [4.69, 9.17) is 14.2 Å². The second kappa shape index (κ2) is 10.9. The van der Waals surface area contributed by atoms with Crippen molar-refractivity contribution in [2.45, 2.75) is 25.9 Å². The first kappa shape index (κ1) is 20.3. The fourth-order valence-electron chi connectivity index (χ4n) is 3.07. The monoisotopic (exact) mass is 364 g/mol. The van der Waals surface area contributed by atoms with Crippen molar-refractivity contribution in [1.82, 2.24) is 15.5 Å². The molecule has 7 heteroatoms. The molecule has 7 nitrogen and oxygen atoms in total. The predicted octanol–water partition coefficient (Wildman–Crippen LogP) is 1.48. The van der Waals surface area contributed by atoms with Crippen molar-refractivity contribution in [2.24, 2.45) is 4.99 Å². The van der Waals surface area contributed by atoms with Crippen molar-refractivity contribution in [3.63, 3.8) is 0 Å². The van der Waals surface area contributed by atoms with Gasteiger partial charge in [-0.2, -0.15) is 0 Å². The third-order valence-corrected chi connectivity index (χ3v) is 4.34. The van der Waals surface area contributed by atoms with Crippen LogP contribution in [-0.4, -0.2) is 71.0 Å². The molecule has 2 rings (SSSR count). The third kappa shape index (κ3) is 6.38. The molecule has 0 aromatic heterocycles. The van der Waals surface area contributed by atoms with Gasteiger partial charge in [-0.15, -0.1) is 0 Å². The van der Waals surface area contributed by atoms with Gasteiger partial charge in [0.05, 0.1) is 27.4 Å². The molecular weight excluding hydrogens is 332 g/mol. The lowest BCUT2D eigenvalue weighted by Crippen LogP contribution is -2.44. The number of nitrogens with zero attached hydrogens (tertiary/aromatic N) is 2. The van der Waals surface area contributed by atoms with Crippen molar-refractivity contribution in [1.29, 1.82) is 0 Å². The summed E-state index contributed by atoms with van der Waals surface area (Å²) in [6.07, 6.45) is 1.09. The molecule has 1 aromatic rings. The molecule has 1 aliphatic heterocycles. The summed E-state index contributed by atoms with van der Waals surface area (Å²) in [6.45, 7) is 7.12. The summed E-state index contributed by atoms with van der Waals surface area (Å²) in [5, 5.41) is 6.82. The molecule has 2 N–H and O–H groups in total. The fraction of sp³-hybridized carbons (Fsp3) is 0.632. The zero-order valence-corrected chi connectivity index (χ0v) is 16.4. The normalized spacial score (nSPS) is 18.0. The van der Waals surface area contributed by atoms with E-state index >= 15 is 0 Å². The van der Waals surface area contributed by atoms with E-state index in [0.717, 1.165) is 50.1 Å². The van der Waals surface area contributed by atoms with Gasteiger partial charge in [-0.25, -0.2) is 0 Å². The molecule has 0 aliphatic carbocycles. The highest BCUT2D eigenvalue weighted by atomic mass is 16.5. The topological polar surface area (TPSA) is 67.4 Å². The molecule has 1 fully saturated rings. The molecule has 0 amide bonds. The van der Waals surface area contributed by atoms with Crippen LogP contribution in [0.15, 0.2) is 23.2 Å². The first-order chi connectivity index (χ1) is 12.7. The number of likely N-dealkylation sites (tertiary alicyclic amines) is 1. The second-order valence-corrected chi connectivity index (χ2v) is 6.34. The summed E-state index contributed by atoms with van der Waals surface area (Å²) < 4.78 is 15.8. The number of benzene rings is 1. The molecule has 1 atom stereocenters. The highest BCUT2D eigenvalue weighted by Crippen LogP contribution is 2.24. The van der Waals surface area contributed by atoms with Gasteiger partial charge in [0.15, 0.2) is 5.96 Å². The number of aliphatic imine (C=N–C) groups is 1. The van der Waals surface area contributed by atoms with E-state index in [1.54, 1.807) is 21.3 Å². The number of nitrogens with one attached hydrogen (secondary N) is 2. The van der Waals surface area contributed by atoms with Crippen LogP contribution in [0.2, 0.25) is 0 Å². The van der Waals surface area contributed by atoms with Gasteiger partial charge in [-0.1, -0.05) is 0 Å². The van der Waals surface area contributed by atoms with Gasteiger partial charge in [0, 0.05) is 45.4 Å². The highest BCUT2D eigenvalue weighted by Gasteiger charge is 2.23. The molecule has 0 spiro atoms. The van der Waals surface area contributed by atoms with E-state index in [9.17, 15) is 0 Å². The van der Waals surface area contributed by atoms with Crippen molar-refractivity contribution >= 4 is 5.96 Å². The van der Waals surface area contributed by atoms with Crippen LogP contribution in [-0.2, 0) is 11.3 Å². The maximum Gasteiger partial charge on any atom is 0.191 e. The Morgan fingerprint density at radius 3 is 2.54 bits per heavy atom. The average molecular weight is 364 g/mol. The van der Waals surface area contributed by atoms with Crippen LogP contribution in [0.1, 0.15) is 18.9 Å². The molecule has 0 saturated carbocycles. The van der Waals surface area contributed by atoms with Crippen molar-refractivity contribution in [3.8, 4) is 11.5 Å². The maximum absolute atomic E-state index is 5.36. The summed E-state index contributed by atoms with van der Waals surface area (Å²) in [5.74, 6) is 2.51. The van der Waals surface area contributed by atoms with E-state index < -0.39 is 0 Å². The van der Waals surface area contributed by atoms with Crippen LogP contribution >= 0.6 is 0 Å². The lowest BCUT2D eigenvalue weighted by Gasteiger charge is -2.19. The Morgan fingerprint density at radius 1 is 1.19 bits per heavy atom. The quantitative estimate of drug-likeness (QED) is 0.393. The zero-order valence-electron chi connectivity index (χ0n) is 16.4.